The first-order chi connectivity index (χ1) is 11.5. The highest BCUT2D eigenvalue weighted by Gasteiger charge is 2.24. The zero-order chi connectivity index (χ0) is 17.1. The van der Waals surface area contributed by atoms with E-state index in [0.29, 0.717) is 19.6 Å². The minimum atomic E-state index is 0.129. The first kappa shape index (κ1) is 16.4. The third-order valence-electron chi connectivity index (χ3n) is 4.16. The molecule has 0 saturated carbocycles. The Morgan fingerprint density at radius 3 is 2.62 bits per heavy atom. The number of carbonyl (C=O) groups excluding carboxylic acids is 1. The van der Waals surface area contributed by atoms with Gasteiger partial charge < -0.3 is 15.0 Å². The number of ether oxygens (including phenoxy) is 1. The van der Waals surface area contributed by atoms with Crippen LogP contribution in [0.2, 0.25) is 0 Å². The first-order valence-electron chi connectivity index (χ1n) is 8.40. The number of nitrogens with zero attached hydrogens (tertiary/aromatic N) is 1. The largest absolute Gasteiger partial charge is 0.492 e. The Hall–Kier alpha value is -2.49. The van der Waals surface area contributed by atoms with Crippen LogP contribution in [0.5, 0.6) is 5.75 Å². The lowest BCUT2D eigenvalue weighted by atomic mass is 10.1. The number of aryl methyl sites for hydroxylation is 2. The maximum Gasteiger partial charge on any atom is 0.229 e. The van der Waals surface area contributed by atoms with E-state index in [2.05, 4.69) is 25.2 Å². The number of para-hydroxylation sites is 2. The second-order valence-corrected chi connectivity index (χ2v) is 6.48. The van der Waals surface area contributed by atoms with Gasteiger partial charge in [-0.05, 0) is 56.2 Å². The Labute approximate surface area is 143 Å². The predicted molar refractivity (Wildman–Crippen MR) is 97.9 cm³/mol. The van der Waals surface area contributed by atoms with E-state index in [-0.39, 0.29) is 11.9 Å². The number of carbonyl (C=O) groups is 1. The Bertz CT molecular complexity index is 722. The molecule has 1 amide bonds. The normalized spacial score (nSPS) is 17.0. The molecule has 2 aromatic carbocycles. The number of nitrogens with one attached hydrogen (secondary N) is 1. The van der Waals surface area contributed by atoms with Crippen molar-refractivity contribution in [2.75, 3.05) is 23.4 Å². The molecule has 0 bridgehead atoms. The highest BCUT2D eigenvalue weighted by atomic mass is 16.5. The summed E-state index contributed by atoms with van der Waals surface area (Å²) in [5, 5.41) is 3.40. The topological polar surface area (TPSA) is 41.6 Å². The van der Waals surface area contributed by atoms with Gasteiger partial charge in [0.1, 0.15) is 12.4 Å². The highest BCUT2D eigenvalue weighted by molar-refractivity contribution is 5.98. The summed E-state index contributed by atoms with van der Waals surface area (Å²) in [5.74, 6) is 0.985. The quantitative estimate of drug-likeness (QED) is 0.927. The summed E-state index contributed by atoms with van der Waals surface area (Å²) >= 11 is 0. The predicted octanol–water partition coefficient (Wildman–Crippen LogP) is 3.92. The summed E-state index contributed by atoms with van der Waals surface area (Å²) in [4.78, 5) is 14.4. The number of rotatable bonds is 4. The van der Waals surface area contributed by atoms with Crippen molar-refractivity contribution in [2.24, 2.45) is 0 Å². The average molecular weight is 324 g/mol. The van der Waals surface area contributed by atoms with Gasteiger partial charge in [-0.3, -0.25) is 4.79 Å². The molecule has 1 aliphatic heterocycles. The number of amides is 1. The molecule has 24 heavy (non-hydrogen) atoms. The van der Waals surface area contributed by atoms with Crippen LogP contribution in [0.25, 0.3) is 0 Å². The van der Waals surface area contributed by atoms with Gasteiger partial charge in [-0.15, -0.1) is 0 Å². The van der Waals surface area contributed by atoms with E-state index in [1.807, 2.05) is 48.2 Å². The fourth-order valence-electron chi connectivity index (χ4n) is 3.17. The van der Waals surface area contributed by atoms with E-state index in [4.69, 9.17) is 4.74 Å². The Morgan fingerprint density at radius 2 is 1.88 bits per heavy atom. The van der Waals surface area contributed by atoms with Crippen LogP contribution in [0.3, 0.4) is 0 Å². The molecule has 0 aliphatic carbocycles. The van der Waals surface area contributed by atoms with Crippen LogP contribution in [-0.4, -0.2) is 25.1 Å². The van der Waals surface area contributed by atoms with Gasteiger partial charge in [-0.1, -0.05) is 18.2 Å². The monoisotopic (exact) mass is 324 g/mol. The summed E-state index contributed by atoms with van der Waals surface area (Å²) in [7, 11) is 0. The van der Waals surface area contributed by atoms with Crippen LogP contribution in [0.4, 0.5) is 11.4 Å². The molecule has 4 nitrogen and oxygen atoms in total. The maximum absolute atomic E-state index is 12.6. The van der Waals surface area contributed by atoms with E-state index < -0.39 is 0 Å². The zero-order valence-corrected chi connectivity index (χ0v) is 14.5. The Balaban J connectivity index is 1.72. The molecule has 0 saturated heterocycles. The fourth-order valence-corrected chi connectivity index (χ4v) is 3.17. The Kier molecular flexibility index (Phi) is 4.74. The van der Waals surface area contributed by atoms with Gasteiger partial charge in [0.15, 0.2) is 0 Å². The zero-order valence-electron chi connectivity index (χ0n) is 14.5. The molecule has 2 aromatic rings. The highest BCUT2D eigenvalue weighted by Crippen LogP contribution is 2.30. The summed E-state index contributed by atoms with van der Waals surface area (Å²) in [6.45, 7) is 7.15. The third kappa shape index (κ3) is 3.70. The second-order valence-electron chi connectivity index (χ2n) is 6.48. The van der Waals surface area contributed by atoms with Gasteiger partial charge in [0, 0.05) is 12.5 Å². The summed E-state index contributed by atoms with van der Waals surface area (Å²) in [6.07, 6.45) is 0.484. The molecule has 0 radical (unpaired) electrons. The molecule has 1 aliphatic rings. The van der Waals surface area contributed by atoms with Gasteiger partial charge in [-0.25, -0.2) is 0 Å². The molecule has 4 heteroatoms. The molecule has 0 spiro atoms. The number of hydrogen-bond donors (Lipinski definition) is 1. The maximum atomic E-state index is 12.6. The lowest BCUT2D eigenvalue weighted by molar-refractivity contribution is -0.118. The lowest BCUT2D eigenvalue weighted by Crippen LogP contribution is -2.35. The van der Waals surface area contributed by atoms with E-state index >= 15 is 0 Å². The number of benzene rings is 2. The van der Waals surface area contributed by atoms with E-state index in [1.54, 1.807) is 0 Å². The van der Waals surface area contributed by atoms with Crippen molar-refractivity contribution < 1.29 is 9.53 Å². The third-order valence-corrected chi connectivity index (χ3v) is 4.16. The molecular weight excluding hydrogens is 300 g/mol. The summed E-state index contributed by atoms with van der Waals surface area (Å²) in [5.41, 5.74) is 4.29. The second kappa shape index (κ2) is 6.95. The first-order valence-corrected chi connectivity index (χ1v) is 8.40. The van der Waals surface area contributed by atoms with E-state index in [9.17, 15) is 4.79 Å². The molecule has 3 rings (SSSR count). The number of anilines is 2. The smallest absolute Gasteiger partial charge is 0.229 e. The molecule has 1 atom stereocenters. The minimum absolute atomic E-state index is 0.129. The van der Waals surface area contributed by atoms with Crippen molar-refractivity contribution in [3.8, 4) is 5.75 Å². The van der Waals surface area contributed by atoms with Gasteiger partial charge in [0.05, 0.1) is 17.9 Å². The van der Waals surface area contributed by atoms with Crippen molar-refractivity contribution in [1.29, 1.82) is 0 Å². The molecule has 1 N–H and O–H groups in total. The van der Waals surface area contributed by atoms with Gasteiger partial charge in [-0.2, -0.15) is 0 Å². The van der Waals surface area contributed by atoms with Gasteiger partial charge in [0.25, 0.3) is 0 Å². The molecular formula is C20H24N2O2. The lowest BCUT2D eigenvalue weighted by Gasteiger charge is -2.22. The average Bonchev–Trinajstić information content (AvgIpc) is 2.62. The minimum Gasteiger partial charge on any atom is -0.492 e. The summed E-state index contributed by atoms with van der Waals surface area (Å²) in [6, 6.07) is 14.2. The molecule has 126 valence electrons. The SMILES string of the molecule is Cc1cc(C)cc(OCCN2C(=O)CC(C)Nc3ccccc32)c1. The van der Waals surface area contributed by atoms with E-state index in [0.717, 1.165) is 17.1 Å². The van der Waals surface area contributed by atoms with Crippen LogP contribution < -0.4 is 15.0 Å². The van der Waals surface area contributed by atoms with Crippen molar-refractivity contribution >= 4 is 17.3 Å². The van der Waals surface area contributed by atoms with Crippen LogP contribution >= 0.6 is 0 Å². The van der Waals surface area contributed by atoms with Crippen molar-refractivity contribution in [3.63, 3.8) is 0 Å². The summed E-state index contributed by atoms with van der Waals surface area (Å²) < 4.78 is 5.89. The van der Waals surface area contributed by atoms with Crippen LogP contribution in [0, 0.1) is 13.8 Å². The number of hydrogen-bond acceptors (Lipinski definition) is 3. The van der Waals surface area contributed by atoms with Crippen molar-refractivity contribution in [1.82, 2.24) is 0 Å². The van der Waals surface area contributed by atoms with Crippen LogP contribution in [0.1, 0.15) is 24.5 Å². The van der Waals surface area contributed by atoms with Crippen molar-refractivity contribution in [2.45, 2.75) is 33.2 Å². The van der Waals surface area contributed by atoms with Crippen molar-refractivity contribution in [3.05, 3.63) is 53.6 Å². The van der Waals surface area contributed by atoms with Gasteiger partial charge in [0.2, 0.25) is 5.91 Å². The Morgan fingerprint density at radius 1 is 1.17 bits per heavy atom. The molecule has 1 unspecified atom stereocenters. The van der Waals surface area contributed by atoms with Gasteiger partial charge >= 0.3 is 0 Å². The van der Waals surface area contributed by atoms with Crippen LogP contribution in [-0.2, 0) is 4.79 Å². The fraction of sp³-hybridized carbons (Fsp3) is 0.350. The van der Waals surface area contributed by atoms with Crippen LogP contribution in [0.15, 0.2) is 42.5 Å². The molecule has 0 aromatic heterocycles. The molecule has 0 fully saturated rings. The number of fused-ring (bicyclic) bond motifs is 1. The standard InChI is InChI=1S/C20H24N2O2/c1-14-10-15(2)12-17(11-14)24-9-8-22-19-7-5-4-6-18(19)21-16(3)13-20(22)23/h4-7,10-12,16,21H,8-9,13H2,1-3H3. The van der Waals surface area contributed by atoms with E-state index in [1.165, 1.54) is 11.1 Å². The molecule has 1 heterocycles.